The lowest BCUT2D eigenvalue weighted by Gasteiger charge is -2.42. The lowest BCUT2D eigenvalue weighted by atomic mass is 9.89. The summed E-state index contributed by atoms with van der Waals surface area (Å²) in [7, 11) is 0. The fourth-order valence-corrected chi connectivity index (χ4v) is 4.76. The topological polar surface area (TPSA) is 38.5 Å². The molecule has 0 bridgehead atoms. The molecular formula is C18H26N2O. The van der Waals surface area contributed by atoms with Crippen LogP contribution in [-0.2, 0) is 6.42 Å². The Morgan fingerprint density at radius 1 is 1.24 bits per heavy atom. The number of piperidine rings is 1. The summed E-state index contributed by atoms with van der Waals surface area (Å²) < 4.78 is 5.64. The van der Waals surface area contributed by atoms with Crippen LogP contribution in [0, 0.1) is 5.92 Å². The molecule has 0 radical (unpaired) electrons. The second-order valence-corrected chi connectivity index (χ2v) is 6.86. The molecule has 3 nitrogen and oxygen atoms in total. The van der Waals surface area contributed by atoms with Gasteiger partial charge in [-0.25, -0.2) is 0 Å². The van der Waals surface area contributed by atoms with Gasteiger partial charge < -0.3 is 10.5 Å². The van der Waals surface area contributed by atoms with E-state index in [-0.39, 0.29) is 0 Å². The molecule has 1 aromatic rings. The molecule has 0 aromatic heterocycles. The minimum Gasteiger partial charge on any atom is -0.493 e. The zero-order chi connectivity index (χ0) is 14.2. The van der Waals surface area contributed by atoms with Crippen LogP contribution < -0.4 is 10.5 Å². The Morgan fingerprint density at radius 3 is 3.05 bits per heavy atom. The first kappa shape index (κ1) is 13.6. The van der Waals surface area contributed by atoms with E-state index in [0.29, 0.717) is 6.04 Å². The largest absolute Gasteiger partial charge is 0.493 e. The number of rotatable bonds is 3. The molecule has 3 heteroatoms. The van der Waals surface area contributed by atoms with E-state index in [1.54, 1.807) is 0 Å². The molecule has 1 saturated heterocycles. The third-order valence-corrected chi connectivity index (χ3v) is 5.76. The van der Waals surface area contributed by atoms with Crippen LogP contribution in [-0.4, -0.2) is 30.6 Å². The fourth-order valence-electron chi connectivity index (χ4n) is 4.76. The van der Waals surface area contributed by atoms with Gasteiger partial charge in [0.2, 0.25) is 0 Å². The normalized spacial score (nSPS) is 29.8. The molecule has 0 spiro atoms. The van der Waals surface area contributed by atoms with Gasteiger partial charge in [-0.05, 0) is 55.3 Å². The van der Waals surface area contributed by atoms with Gasteiger partial charge in [-0.15, -0.1) is 0 Å². The quantitative estimate of drug-likeness (QED) is 0.928. The van der Waals surface area contributed by atoms with Crippen LogP contribution >= 0.6 is 0 Å². The van der Waals surface area contributed by atoms with E-state index in [0.717, 1.165) is 37.3 Å². The molecule has 1 aromatic carbocycles. The number of benzene rings is 1. The number of ether oxygens (including phenoxy) is 1. The van der Waals surface area contributed by atoms with E-state index >= 15 is 0 Å². The van der Waals surface area contributed by atoms with Gasteiger partial charge in [-0.2, -0.15) is 0 Å². The van der Waals surface area contributed by atoms with Gasteiger partial charge in [-0.3, -0.25) is 4.90 Å². The molecule has 4 rings (SSSR count). The summed E-state index contributed by atoms with van der Waals surface area (Å²) in [6.45, 7) is 2.78. The molecule has 114 valence electrons. The second-order valence-electron chi connectivity index (χ2n) is 6.86. The summed E-state index contributed by atoms with van der Waals surface area (Å²) in [5, 5.41) is 0. The van der Waals surface area contributed by atoms with E-state index in [9.17, 15) is 0 Å². The molecule has 2 aliphatic heterocycles. The van der Waals surface area contributed by atoms with Crippen LogP contribution in [0.3, 0.4) is 0 Å². The van der Waals surface area contributed by atoms with Crippen molar-refractivity contribution in [3.63, 3.8) is 0 Å². The zero-order valence-electron chi connectivity index (χ0n) is 12.8. The van der Waals surface area contributed by atoms with Gasteiger partial charge in [0.05, 0.1) is 6.61 Å². The van der Waals surface area contributed by atoms with Crippen molar-refractivity contribution in [1.82, 2.24) is 4.90 Å². The standard InChI is InChI=1S/C18H26N2O/c19-12-17(14-6-7-18-15(11-14)8-10-21-18)20-9-2-4-13-3-1-5-16(13)20/h6-7,11,13,16-17H,1-5,8-10,12,19H2. The first-order valence-electron chi connectivity index (χ1n) is 8.58. The van der Waals surface area contributed by atoms with Gasteiger partial charge in [-0.1, -0.05) is 18.6 Å². The van der Waals surface area contributed by atoms with Crippen molar-refractivity contribution in [3.8, 4) is 5.75 Å². The van der Waals surface area contributed by atoms with E-state index in [2.05, 4.69) is 23.1 Å². The highest BCUT2D eigenvalue weighted by molar-refractivity contribution is 5.41. The molecule has 0 amide bonds. The summed E-state index contributed by atoms with van der Waals surface area (Å²) in [4.78, 5) is 2.72. The molecule has 3 unspecified atom stereocenters. The smallest absolute Gasteiger partial charge is 0.122 e. The van der Waals surface area contributed by atoms with Crippen LogP contribution in [0.25, 0.3) is 0 Å². The number of nitrogens with two attached hydrogens (primary N) is 1. The second kappa shape index (κ2) is 5.62. The third kappa shape index (κ3) is 2.36. The Balaban J connectivity index is 1.61. The van der Waals surface area contributed by atoms with Crippen molar-refractivity contribution in [3.05, 3.63) is 29.3 Å². The maximum absolute atomic E-state index is 6.19. The average molecular weight is 286 g/mol. The molecule has 21 heavy (non-hydrogen) atoms. The number of nitrogens with zero attached hydrogens (tertiary/aromatic N) is 1. The Kier molecular flexibility index (Phi) is 3.64. The molecule has 1 aliphatic carbocycles. The molecule has 2 N–H and O–H groups in total. The zero-order valence-corrected chi connectivity index (χ0v) is 12.8. The molecule has 2 fully saturated rings. The lowest BCUT2D eigenvalue weighted by Crippen LogP contribution is -2.46. The predicted octanol–water partition coefficient (Wildman–Crippen LogP) is 2.89. The van der Waals surface area contributed by atoms with Crippen molar-refractivity contribution in [2.75, 3.05) is 19.7 Å². The first-order valence-corrected chi connectivity index (χ1v) is 8.58. The summed E-state index contributed by atoms with van der Waals surface area (Å²) in [6.07, 6.45) is 8.02. The van der Waals surface area contributed by atoms with Crippen LogP contribution in [0.4, 0.5) is 0 Å². The Morgan fingerprint density at radius 2 is 2.14 bits per heavy atom. The maximum atomic E-state index is 6.19. The highest BCUT2D eigenvalue weighted by atomic mass is 16.5. The Labute approximate surface area is 127 Å². The van der Waals surface area contributed by atoms with Crippen molar-refractivity contribution in [1.29, 1.82) is 0 Å². The maximum Gasteiger partial charge on any atom is 0.122 e. The minimum atomic E-state index is 0.391. The van der Waals surface area contributed by atoms with Gasteiger partial charge in [0, 0.05) is 25.0 Å². The van der Waals surface area contributed by atoms with Crippen LogP contribution in [0.15, 0.2) is 18.2 Å². The Bertz CT molecular complexity index is 516. The summed E-state index contributed by atoms with van der Waals surface area (Å²) in [5.74, 6) is 2.00. The lowest BCUT2D eigenvalue weighted by molar-refractivity contribution is 0.0701. The monoisotopic (exact) mass is 286 g/mol. The van der Waals surface area contributed by atoms with Crippen molar-refractivity contribution < 1.29 is 4.74 Å². The number of fused-ring (bicyclic) bond motifs is 2. The fraction of sp³-hybridized carbons (Fsp3) is 0.667. The van der Waals surface area contributed by atoms with Crippen LogP contribution in [0.1, 0.15) is 49.3 Å². The van der Waals surface area contributed by atoms with E-state index < -0.39 is 0 Å². The number of hydrogen-bond acceptors (Lipinski definition) is 3. The summed E-state index contributed by atoms with van der Waals surface area (Å²) in [5.41, 5.74) is 8.95. The SMILES string of the molecule is NCC(c1ccc2c(c1)CCO2)N1CCCC2CCCC21. The van der Waals surface area contributed by atoms with E-state index in [1.807, 2.05) is 0 Å². The van der Waals surface area contributed by atoms with Crippen LogP contribution in [0.5, 0.6) is 5.75 Å². The van der Waals surface area contributed by atoms with Crippen molar-refractivity contribution in [2.45, 2.75) is 50.6 Å². The van der Waals surface area contributed by atoms with E-state index in [4.69, 9.17) is 10.5 Å². The summed E-state index contributed by atoms with van der Waals surface area (Å²) in [6, 6.07) is 7.90. The minimum absolute atomic E-state index is 0.391. The Hall–Kier alpha value is -1.06. The average Bonchev–Trinajstić information content (AvgIpc) is 3.16. The van der Waals surface area contributed by atoms with Crippen molar-refractivity contribution >= 4 is 0 Å². The highest BCUT2D eigenvalue weighted by Crippen LogP contribution is 2.41. The predicted molar refractivity (Wildman–Crippen MR) is 84.5 cm³/mol. The number of hydrogen-bond donors (Lipinski definition) is 1. The van der Waals surface area contributed by atoms with Crippen molar-refractivity contribution in [2.24, 2.45) is 11.7 Å². The third-order valence-electron chi connectivity index (χ3n) is 5.76. The van der Waals surface area contributed by atoms with Crippen LogP contribution in [0.2, 0.25) is 0 Å². The molecule has 3 aliphatic rings. The van der Waals surface area contributed by atoms with Gasteiger partial charge >= 0.3 is 0 Å². The molecule has 1 saturated carbocycles. The first-order chi connectivity index (χ1) is 10.4. The number of likely N-dealkylation sites (tertiary alicyclic amines) is 1. The highest BCUT2D eigenvalue weighted by Gasteiger charge is 2.38. The molecule has 2 heterocycles. The van der Waals surface area contributed by atoms with E-state index in [1.165, 1.54) is 49.8 Å². The molecule has 3 atom stereocenters. The van der Waals surface area contributed by atoms with Gasteiger partial charge in [0.1, 0.15) is 5.75 Å². The molecular weight excluding hydrogens is 260 g/mol. The van der Waals surface area contributed by atoms with Gasteiger partial charge in [0.25, 0.3) is 0 Å². The van der Waals surface area contributed by atoms with Gasteiger partial charge in [0.15, 0.2) is 0 Å². The summed E-state index contributed by atoms with van der Waals surface area (Å²) >= 11 is 0.